The molecule has 0 unspecified atom stereocenters. The highest BCUT2D eigenvalue weighted by molar-refractivity contribution is 7.75. The van der Waals surface area contributed by atoms with Crippen molar-refractivity contribution in [1.82, 2.24) is 0 Å². The van der Waals surface area contributed by atoms with Crippen LogP contribution >= 0.6 is 12.9 Å². The van der Waals surface area contributed by atoms with Crippen LogP contribution in [0.1, 0.15) is 25.7 Å². The van der Waals surface area contributed by atoms with Crippen LogP contribution < -0.4 is 0 Å². The zero-order chi connectivity index (χ0) is 5.82. The van der Waals surface area contributed by atoms with Crippen LogP contribution in [0.3, 0.4) is 0 Å². The largest absolute Gasteiger partial charge is 0.318 e. The molecular formula is C6H12OS. The summed E-state index contributed by atoms with van der Waals surface area (Å²) in [5.41, 5.74) is 0. The summed E-state index contributed by atoms with van der Waals surface area (Å²) in [6.45, 7) is 0.850. The first-order chi connectivity index (χ1) is 3.93. The third kappa shape index (κ3) is 1.67. The van der Waals surface area contributed by atoms with Gasteiger partial charge >= 0.3 is 0 Å². The second-order valence-electron chi connectivity index (χ2n) is 2.45. The molecule has 1 saturated carbocycles. The lowest BCUT2D eigenvalue weighted by molar-refractivity contribution is 0.296. The van der Waals surface area contributed by atoms with Gasteiger partial charge in [-0.2, -0.15) is 0 Å². The molecule has 0 amide bonds. The van der Waals surface area contributed by atoms with Gasteiger partial charge in [0.1, 0.15) is 0 Å². The zero-order valence-electron chi connectivity index (χ0n) is 4.97. The third-order valence-corrected chi connectivity index (χ3v) is 1.93. The molecule has 0 atom stereocenters. The molecule has 1 nitrogen and oxygen atoms in total. The number of hydrogen-bond donors (Lipinski definition) is 1. The van der Waals surface area contributed by atoms with E-state index in [0.717, 1.165) is 12.5 Å². The molecule has 0 aromatic rings. The lowest BCUT2D eigenvalue weighted by atomic mass is 10.1. The predicted molar refractivity (Wildman–Crippen MR) is 36.9 cm³/mol. The minimum absolute atomic E-state index is 0.812. The van der Waals surface area contributed by atoms with Crippen molar-refractivity contribution in [3.63, 3.8) is 0 Å². The molecule has 2 heteroatoms. The van der Waals surface area contributed by atoms with E-state index < -0.39 is 0 Å². The van der Waals surface area contributed by atoms with E-state index >= 15 is 0 Å². The van der Waals surface area contributed by atoms with E-state index in [9.17, 15) is 0 Å². The Kier molecular flexibility index (Phi) is 2.70. The van der Waals surface area contributed by atoms with Gasteiger partial charge in [-0.25, -0.2) is 0 Å². The Morgan fingerprint density at radius 2 is 2.00 bits per heavy atom. The highest BCUT2D eigenvalue weighted by Crippen LogP contribution is 2.24. The van der Waals surface area contributed by atoms with E-state index in [1.165, 1.54) is 25.7 Å². The van der Waals surface area contributed by atoms with Gasteiger partial charge < -0.3 is 4.18 Å². The van der Waals surface area contributed by atoms with Crippen molar-refractivity contribution < 1.29 is 4.18 Å². The predicted octanol–water partition coefficient (Wildman–Crippen LogP) is 2.04. The van der Waals surface area contributed by atoms with Crippen molar-refractivity contribution >= 4 is 12.9 Å². The standard InChI is InChI=1S/C6H12OS/c8-7-5-6-3-1-2-4-6/h6,8H,1-5H2. The van der Waals surface area contributed by atoms with E-state index in [1.54, 1.807) is 0 Å². The maximum Gasteiger partial charge on any atom is 0.0638 e. The average Bonchev–Trinajstić information content (AvgIpc) is 2.19. The highest BCUT2D eigenvalue weighted by atomic mass is 32.1. The van der Waals surface area contributed by atoms with Crippen LogP contribution in [0.4, 0.5) is 0 Å². The monoisotopic (exact) mass is 132 g/mol. The topological polar surface area (TPSA) is 9.23 Å². The molecule has 0 aromatic heterocycles. The van der Waals surface area contributed by atoms with Crippen LogP contribution in [0, 0.1) is 5.92 Å². The minimum atomic E-state index is 0.812. The molecule has 0 radical (unpaired) electrons. The van der Waals surface area contributed by atoms with Gasteiger partial charge in [-0.05, 0) is 31.7 Å². The summed E-state index contributed by atoms with van der Waals surface area (Å²) >= 11 is 3.70. The molecule has 1 aliphatic rings. The van der Waals surface area contributed by atoms with Gasteiger partial charge in [0.2, 0.25) is 0 Å². The summed E-state index contributed by atoms with van der Waals surface area (Å²) in [6.07, 6.45) is 5.48. The van der Waals surface area contributed by atoms with E-state index in [-0.39, 0.29) is 0 Å². The van der Waals surface area contributed by atoms with Gasteiger partial charge in [0.05, 0.1) is 6.61 Å². The van der Waals surface area contributed by atoms with Crippen LogP contribution in [0.5, 0.6) is 0 Å². The quantitative estimate of drug-likeness (QED) is 0.447. The summed E-state index contributed by atoms with van der Waals surface area (Å²) in [7, 11) is 0. The molecule has 0 aromatic carbocycles. The molecule has 8 heavy (non-hydrogen) atoms. The van der Waals surface area contributed by atoms with Gasteiger partial charge in [-0.1, -0.05) is 12.8 Å². The van der Waals surface area contributed by atoms with Crippen LogP contribution in [0.15, 0.2) is 0 Å². The van der Waals surface area contributed by atoms with Gasteiger partial charge in [0.15, 0.2) is 0 Å². The van der Waals surface area contributed by atoms with Crippen LogP contribution in [0.25, 0.3) is 0 Å². The fourth-order valence-electron chi connectivity index (χ4n) is 1.28. The van der Waals surface area contributed by atoms with Crippen molar-refractivity contribution in [1.29, 1.82) is 0 Å². The molecule has 48 valence electrons. The summed E-state index contributed by atoms with van der Waals surface area (Å²) in [6, 6.07) is 0. The zero-order valence-corrected chi connectivity index (χ0v) is 5.86. The molecule has 0 bridgehead atoms. The highest BCUT2D eigenvalue weighted by Gasteiger charge is 2.13. The van der Waals surface area contributed by atoms with Crippen LogP contribution in [0.2, 0.25) is 0 Å². The maximum absolute atomic E-state index is 4.72. The van der Waals surface area contributed by atoms with E-state index in [4.69, 9.17) is 4.18 Å². The Morgan fingerprint density at radius 1 is 1.38 bits per heavy atom. The van der Waals surface area contributed by atoms with Gasteiger partial charge in [-0.15, -0.1) is 0 Å². The summed E-state index contributed by atoms with van der Waals surface area (Å²) in [5, 5.41) is 0. The number of thiol groups is 1. The second-order valence-corrected chi connectivity index (χ2v) is 2.70. The number of rotatable bonds is 2. The summed E-state index contributed by atoms with van der Waals surface area (Å²) in [4.78, 5) is 0. The summed E-state index contributed by atoms with van der Waals surface area (Å²) in [5.74, 6) is 0.812. The first-order valence-electron chi connectivity index (χ1n) is 3.20. The smallest absolute Gasteiger partial charge is 0.0638 e. The number of hydrogen-bond acceptors (Lipinski definition) is 2. The van der Waals surface area contributed by atoms with E-state index in [1.807, 2.05) is 0 Å². The molecule has 0 spiro atoms. The second kappa shape index (κ2) is 3.36. The molecule has 1 rings (SSSR count). The normalized spacial score (nSPS) is 22.1. The minimum Gasteiger partial charge on any atom is -0.318 e. The van der Waals surface area contributed by atoms with Crippen LogP contribution in [-0.2, 0) is 4.18 Å². The lowest BCUT2D eigenvalue weighted by Crippen LogP contribution is -1.99. The Bertz CT molecular complexity index is 59.5. The maximum atomic E-state index is 4.72. The lowest BCUT2D eigenvalue weighted by Gasteiger charge is -2.03. The van der Waals surface area contributed by atoms with Crippen molar-refractivity contribution in [2.24, 2.45) is 5.92 Å². The SMILES string of the molecule is SOCC1CCCC1. The van der Waals surface area contributed by atoms with Gasteiger partial charge in [0.25, 0.3) is 0 Å². The molecule has 0 aliphatic heterocycles. The Morgan fingerprint density at radius 3 is 2.50 bits per heavy atom. The first-order valence-corrected chi connectivity index (χ1v) is 3.56. The molecular weight excluding hydrogens is 120 g/mol. The van der Waals surface area contributed by atoms with E-state index in [0.29, 0.717) is 0 Å². The fourth-order valence-corrected chi connectivity index (χ4v) is 1.49. The first kappa shape index (κ1) is 6.43. The van der Waals surface area contributed by atoms with Crippen molar-refractivity contribution in [2.45, 2.75) is 25.7 Å². The third-order valence-electron chi connectivity index (χ3n) is 1.78. The van der Waals surface area contributed by atoms with Crippen molar-refractivity contribution in [3.05, 3.63) is 0 Å². The molecule has 1 fully saturated rings. The molecule has 1 aliphatic carbocycles. The Labute approximate surface area is 56.0 Å². The van der Waals surface area contributed by atoms with Crippen molar-refractivity contribution in [2.75, 3.05) is 6.61 Å². The molecule has 0 heterocycles. The Balaban J connectivity index is 2.06. The molecule has 0 saturated heterocycles. The molecule has 0 N–H and O–H groups in total. The van der Waals surface area contributed by atoms with Crippen molar-refractivity contribution in [3.8, 4) is 0 Å². The van der Waals surface area contributed by atoms with E-state index in [2.05, 4.69) is 12.9 Å². The fraction of sp³-hybridized carbons (Fsp3) is 1.00. The van der Waals surface area contributed by atoms with Gasteiger partial charge in [0, 0.05) is 0 Å². The van der Waals surface area contributed by atoms with Crippen LogP contribution in [-0.4, -0.2) is 6.61 Å². The Hall–Kier alpha value is 0.310. The average molecular weight is 132 g/mol. The summed E-state index contributed by atoms with van der Waals surface area (Å²) < 4.78 is 4.72. The van der Waals surface area contributed by atoms with Gasteiger partial charge in [-0.3, -0.25) is 0 Å².